The predicted octanol–water partition coefficient (Wildman–Crippen LogP) is 10.3. The van der Waals surface area contributed by atoms with Crippen LogP contribution in [0.3, 0.4) is 0 Å². The Morgan fingerprint density at radius 3 is 1.81 bits per heavy atom. The third kappa shape index (κ3) is 5.55. The van der Waals surface area contributed by atoms with E-state index in [-0.39, 0.29) is 6.54 Å². The van der Waals surface area contributed by atoms with Crippen LogP contribution in [-0.2, 0) is 6.54 Å². The number of benzene rings is 6. The van der Waals surface area contributed by atoms with Gasteiger partial charge in [0.1, 0.15) is 11.9 Å². The molecule has 8 rings (SSSR count). The van der Waals surface area contributed by atoms with E-state index in [1.807, 2.05) is 73.7 Å². The third-order valence-electron chi connectivity index (χ3n) is 9.62. The fraction of sp³-hybridized carbons (Fsp3) is 0.0652. The number of aliphatic imine (C=N–C) groups is 2. The van der Waals surface area contributed by atoms with E-state index in [4.69, 9.17) is 15.7 Å². The van der Waals surface area contributed by atoms with Crippen LogP contribution in [0.15, 0.2) is 162 Å². The van der Waals surface area contributed by atoms with E-state index in [2.05, 4.69) is 113 Å². The fourth-order valence-electron chi connectivity index (χ4n) is 7.25. The molecule has 2 N–H and O–H groups in total. The van der Waals surface area contributed by atoms with Gasteiger partial charge in [-0.25, -0.2) is 4.99 Å². The van der Waals surface area contributed by atoms with Gasteiger partial charge in [0.05, 0.1) is 40.0 Å². The summed E-state index contributed by atoms with van der Waals surface area (Å²) in [5.74, 6) is 0.869. The van der Waals surface area contributed by atoms with Crippen molar-refractivity contribution in [1.29, 1.82) is 5.26 Å². The van der Waals surface area contributed by atoms with E-state index in [0.29, 0.717) is 17.2 Å². The summed E-state index contributed by atoms with van der Waals surface area (Å²) in [6.07, 6.45) is 4.21. The smallest absolute Gasteiger partial charge is 0.157 e. The minimum atomic E-state index is 0.221. The Balaban J connectivity index is 1.41. The van der Waals surface area contributed by atoms with Crippen molar-refractivity contribution in [3.8, 4) is 17.4 Å². The van der Waals surface area contributed by atoms with Crippen molar-refractivity contribution >= 4 is 50.5 Å². The minimum absolute atomic E-state index is 0.221. The second-order valence-corrected chi connectivity index (χ2v) is 12.7. The lowest BCUT2D eigenvalue weighted by molar-refractivity contribution is 0.985. The number of allylic oxidation sites excluding steroid dienone is 1. The largest absolute Gasteiger partial charge is 0.383 e. The standard InChI is InChI=1S/C46H36N6/c1-3-16-35-31(2)51(40-24-13-10-21-36(35)40)44-39(29-47)34(27-28-43(44)52-41-25-14-11-22-37(41)38-23-12-15-26-42(38)52)30-49-46(33-19-8-5-9-20-33)50-45(48)32-17-6-4-7-18-32/h3-28H,30H2,1-2H3,(H2,48,49,50)/b16-3-. The molecule has 2 aromatic heterocycles. The van der Waals surface area contributed by atoms with E-state index < -0.39 is 0 Å². The molecule has 52 heavy (non-hydrogen) atoms. The second-order valence-electron chi connectivity index (χ2n) is 12.7. The van der Waals surface area contributed by atoms with Crippen molar-refractivity contribution in [2.24, 2.45) is 15.7 Å². The van der Waals surface area contributed by atoms with E-state index in [0.717, 1.165) is 72.0 Å². The number of nitriles is 1. The molecule has 0 saturated heterocycles. The van der Waals surface area contributed by atoms with Gasteiger partial charge in [0.15, 0.2) is 5.84 Å². The number of nitrogens with zero attached hydrogens (tertiary/aromatic N) is 5. The van der Waals surface area contributed by atoms with Gasteiger partial charge in [-0.2, -0.15) is 5.26 Å². The zero-order chi connectivity index (χ0) is 35.6. The van der Waals surface area contributed by atoms with Crippen LogP contribution in [0.4, 0.5) is 0 Å². The molecule has 0 bridgehead atoms. The predicted molar refractivity (Wildman–Crippen MR) is 216 cm³/mol. The monoisotopic (exact) mass is 672 g/mol. The van der Waals surface area contributed by atoms with Crippen LogP contribution in [0.2, 0.25) is 0 Å². The van der Waals surface area contributed by atoms with Crippen LogP contribution >= 0.6 is 0 Å². The van der Waals surface area contributed by atoms with Crippen molar-refractivity contribution in [2.75, 3.05) is 0 Å². The normalized spacial score (nSPS) is 12.3. The molecule has 0 radical (unpaired) electrons. The maximum Gasteiger partial charge on any atom is 0.157 e. The minimum Gasteiger partial charge on any atom is -0.383 e. The molecule has 0 atom stereocenters. The second kappa shape index (κ2) is 13.7. The molecule has 2 heterocycles. The molecule has 0 fully saturated rings. The first-order valence-corrected chi connectivity index (χ1v) is 17.4. The molecule has 0 spiro atoms. The summed E-state index contributed by atoms with van der Waals surface area (Å²) in [6.45, 7) is 4.39. The zero-order valence-electron chi connectivity index (χ0n) is 29.0. The number of nitrogens with two attached hydrogens (primary N) is 1. The van der Waals surface area contributed by atoms with E-state index in [1.54, 1.807) is 0 Å². The van der Waals surface area contributed by atoms with Crippen LogP contribution in [0.25, 0.3) is 50.2 Å². The molecular formula is C46H36N6. The lowest BCUT2D eigenvalue weighted by Gasteiger charge is -2.20. The first-order valence-electron chi connectivity index (χ1n) is 17.4. The van der Waals surface area contributed by atoms with Gasteiger partial charge in [-0.3, -0.25) is 4.99 Å². The Kier molecular flexibility index (Phi) is 8.52. The van der Waals surface area contributed by atoms with Gasteiger partial charge in [0.2, 0.25) is 0 Å². The van der Waals surface area contributed by atoms with Gasteiger partial charge < -0.3 is 14.9 Å². The Morgan fingerprint density at radius 1 is 0.673 bits per heavy atom. The quantitative estimate of drug-likeness (QED) is 0.135. The number of rotatable bonds is 7. The average molecular weight is 673 g/mol. The summed E-state index contributed by atoms with van der Waals surface area (Å²) in [5.41, 5.74) is 16.6. The summed E-state index contributed by atoms with van der Waals surface area (Å²) in [5, 5.41) is 14.6. The molecule has 6 heteroatoms. The number of amidine groups is 2. The van der Waals surface area contributed by atoms with Crippen LogP contribution in [0.5, 0.6) is 0 Å². The highest BCUT2D eigenvalue weighted by Gasteiger charge is 2.24. The number of fused-ring (bicyclic) bond motifs is 4. The van der Waals surface area contributed by atoms with Crippen molar-refractivity contribution in [2.45, 2.75) is 20.4 Å². The Bertz CT molecular complexity index is 2680. The van der Waals surface area contributed by atoms with Gasteiger partial charge in [-0.1, -0.05) is 133 Å². The molecule has 0 amide bonds. The molecule has 0 aliphatic carbocycles. The fourth-order valence-corrected chi connectivity index (χ4v) is 7.25. The number of hydrogen-bond donors (Lipinski definition) is 1. The Labute approximate surface area is 302 Å². The Morgan fingerprint density at radius 2 is 1.21 bits per heavy atom. The van der Waals surface area contributed by atoms with Gasteiger partial charge in [0, 0.05) is 38.5 Å². The van der Waals surface area contributed by atoms with Crippen molar-refractivity contribution in [3.05, 3.63) is 185 Å². The lowest BCUT2D eigenvalue weighted by Crippen LogP contribution is -2.16. The SMILES string of the molecule is C/C=C\c1c(C)n(-c2c(-n3c4ccccc4c4ccccc43)ccc(CN=C(N=C(N)c3ccccc3)c3ccccc3)c2C#N)c2ccccc12. The summed E-state index contributed by atoms with van der Waals surface area (Å²) in [7, 11) is 0. The summed E-state index contributed by atoms with van der Waals surface area (Å²) < 4.78 is 4.54. The van der Waals surface area contributed by atoms with Crippen molar-refractivity contribution in [3.63, 3.8) is 0 Å². The summed E-state index contributed by atoms with van der Waals surface area (Å²) >= 11 is 0. The molecule has 0 unspecified atom stereocenters. The zero-order valence-corrected chi connectivity index (χ0v) is 29.0. The number of hydrogen-bond acceptors (Lipinski definition) is 2. The maximum absolute atomic E-state index is 11.2. The molecule has 8 aromatic rings. The highest BCUT2D eigenvalue weighted by Crippen LogP contribution is 2.39. The topological polar surface area (TPSA) is 84.4 Å². The first kappa shape index (κ1) is 32.2. The van der Waals surface area contributed by atoms with Gasteiger partial charge in [-0.05, 0) is 43.7 Å². The number of para-hydroxylation sites is 3. The highest BCUT2D eigenvalue weighted by molar-refractivity contribution is 6.11. The Hall–Kier alpha value is -6.97. The molecule has 0 aliphatic heterocycles. The molecule has 0 aliphatic rings. The van der Waals surface area contributed by atoms with E-state index in [1.165, 1.54) is 0 Å². The molecule has 0 saturated carbocycles. The van der Waals surface area contributed by atoms with Crippen molar-refractivity contribution < 1.29 is 0 Å². The molecule has 250 valence electrons. The lowest BCUT2D eigenvalue weighted by atomic mass is 10.0. The number of aromatic nitrogens is 2. The molecule has 6 nitrogen and oxygen atoms in total. The van der Waals surface area contributed by atoms with E-state index in [9.17, 15) is 5.26 Å². The average Bonchev–Trinajstić information content (AvgIpc) is 3.67. The van der Waals surface area contributed by atoms with Gasteiger partial charge in [-0.15, -0.1) is 0 Å². The van der Waals surface area contributed by atoms with E-state index >= 15 is 0 Å². The highest BCUT2D eigenvalue weighted by atomic mass is 15.1. The summed E-state index contributed by atoms with van der Waals surface area (Å²) in [4.78, 5) is 9.87. The first-order chi connectivity index (χ1) is 25.6. The summed E-state index contributed by atoms with van der Waals surface area (Å²) in [6, 6.07) is 51.6. The molecular weight excluding hydrogens is 637 g/mol. The third-order valence-corrected chi connectivity index (χ3v) is 9.62. The molecule has 6 aromatic carbocycles. The van der Waals surface area contributed by atoms with Crippen LogP contribution in [0, 0.1) is 18.3 Å². The van der Waals surface area contributed by atoms with Crippen LogP contribution < -0.4 is 5.73 Å². The maximum atomic E-state index is 11.2. The van der Waals surface area contributed by atoms with Crippen LogP contribution in [-0.4, -0.2) is 20.8 Å². The van der Waals surface area contributed by atoms with Gasteiger partial charge >= 0.3 is 0 Å². The van der Waals surface area contributed by atoms with Crippen molar-refractivity contribution in [1.82, 2.24) is 9.13 Å². The van der Waals surface area contributed by atoms with Gasteiger partial charge in [0.25, 0.3) is 0 Å². The van der Waals surface area contributed by atoms with Crippen LogP contribution in [0.1, 0.15) is 40.4 Å².